The van der Waals surface area contributed by atoms with Crippen molar-refractivity contribution in [3.8, 4) is 67.5 Å². The van der Waals surface area contributed by atoms with Crippen LogP contribution in [0, 0.1) is 0 Å². The van der Waals surface area contributed by atoms with Crippen LogP contribution in [0.5, 0.6) is 0 Å². The van der Waals surface area contributed by atoms with Crippen molar-refractivity contribution < 1.29 is 0 Å². The van der Waals surface area contributed by atoms with E-state index in [0.29, 0.717) is 17.5 Å². The molecule has 282 valence electrons. The molecule has 13 rings (SSSR count). The highest BCUT2D eigenvalue weighted by molar-refractivity contribution is 6.28. The standard InChI is InChI=1S/C58H35N3/c1-3-16-36(17-4-1)55-59-56(37-18-5-2-6-19-37)61-57(60-55)47-26-15-25-46-41-21-8-7-20-40(41)42-32-30-38(35-49(42)54(46)47)39-31-33-53-48(34-39)45-24-11-14-29-52(45)58(53)50-27-12-9-22-43(50)44-23-10-13-28-51(44)58/h1-35H. The molecule has 0 unspecified atom stereocenters. The third-order valence-corrected chi connectivity index (χ3v) is 13.1. The molecular formula is C58H35N3. The zero-order valence-electron chi connectivity index (χ0n) is 33.0. The van der Waals surface area contributed by atoms with Crippen molar-refractivity contribution in [2.45, 2.75) is 5.41 Å². The van der Waals surface area contributed by atoms with Crippen LogP contribution in [0.2, 0.25) is 0 Å². The van der Waals surface area contributed by atoms with Crippen LogP contribution < -0.4 is 0 Å². The summed E-state index contributed by atoms with van der Waals surface area (Å²) in [5, 5.41) is 7.10. The van der Waals surface area contributed by atoms with Gasteiger partial charge in [-0.25, -0.2) is 15.0 Å². The third-order valence-electron chi connectivity index (χ3n) is 13.1. The van der Waals surface area contributed by atoms with E-state index in [9.17, 15) is 0 Å². The minimum absolute atomic E-state index is 0.368. The van der Waals surface area contributed by atoms with Gasteiger partial charge in [0, 0.05) is 22.1 Å². The largest absolute Gasteiger partial charge is 0.208 e. The second-order valence-electron chi connectivity index (χ2n) is 16.2. The summed E-state index contributed by atoms with van der Waals surface area (Å²) in [5.74, 6) is 1.95. The first-order chi connectivity index (χ1) is 30.3. The summed E-state index contributed by atoms with van der Waals surface area (Å²) < 4.78 is 0. The van der Waals surface area contributed by atoms with Crippen LogP contribution in [0.15, 0.2) is 212 Å². The lowest BCUT2D eigenvalue weighted by molar-refractivity contribution is 0.794. The Hall–Kier alpha value is -8.01. The summed E-state index contributed by atoms with van der Waals surface area (Å²) >= 11 is 0. The highest BCUT2D eigenvalue weighted by Gasteiger charge is 2.51. The van der Waals surface area contributed by atoms with Gasteiger partial charge in [0.1, 0.15) is 0 Å². The van der Waals surface area contributed by atoms with Gasteiger partial charge in [-0.3, -0.25) is 0 Å². The third kappa shape index (κ3) is 4.83. The number of benzene rings is 10. The molecule has 0 saturated heterocycles. The van der Waals surface area contributed by atoms with E-state index in [4.69, 9.17) is 15.0 Å². The molecular weight excluding hydrogens is 739 g/mol. The quantitative estimate of drug-likeness (QED) is 0.167. The van der Waals surface area contributed by atoms with Crippen LogP contribution in [-0.4, -0.2) is 15.0 Å². The first-order valence-electron chi connectivity index (χ1n) is 20.9. The molecule has 0 saturated carbocycles. The van der Waals surface area contributed by atoms with Crippen molar-refractivity contribution in [2.24, 2.45) is 0 Å². The maximum Gasteiger partial charge on any atom is 0.164 e. The average molecular weight is 774 g/mol. The highest BCUT2D eigenvalue weighted by Crippen LogP contribution is 2.63. The van der Waals surface area contributed by atoms with Gasteiger partial charge in [0.2, 0.25) is 0 Å². The number of nitrogens with zero attached hydrogens (tertiary/aromatic N) is 3. The van der Waals surface area contributed by atoms with Crippen molar-refractivity contribution in [2.75, 3.05) is 0 Å². The van der Waals surface area contributed by atoms with E-state index < -0.39 is 0 Å². The number of aromatic nitrogens is 3. The molecule has 1 aromatic heterocycles. The van der Waals surface area contributed by atoms with Gasteiger partial charge in [0.15, 0.2) is 17.5 Å². The Labute approximate surface area is 353 Å². The fourth-order valence-electron chi connectivity index (χ4n) is 10.6. The zero-order chi connectivity index (χ0) is 40.1. The van der Waals surface area contributed by atoms with Gasteiger partial charge in [-0.15, -0.1) is 0 Å². The van der Waals surface area contributed by atoms with Crippen LogP contribution in [0.4, 0.5) is 0 Å². The minimum Gasteiger partial charge on any atom is -0.208 e. The van der Waals surface area contributed by atoms with Gasteiger partial charge >= 0.3 is 0 Å². The van der Waals surface area contributed by atoms with E-state index in [1.165, 1.54) is 77.0 Å². The molecule has 61 heavy (non-hydrogen) atoms. The van der Waals surface area contributed by atoms with Gasteiger partial charge in [-0.2, -0.15) is 0 Å². The van der Waals surface area contributed by atoms with Crippen molar-refractivity contribution in [3.05, 3.63) is 235 Å². The minimum atomic E-state index is -0.368. The molecule has 0 N–H and O–H groups in total. The molecule has 2 aliphatic carbocycles. The second-order valence-corrected chi connectivity index (χ2v) is 16.2. The predicted octanol–water partition coefficient (Wildman–Crippen LogP) is 14.3. The molecule has 1 spiro atoms. The van der Waals surface area contributed by atoms with Crippen molar-refractivity contribution in [1.29, 1.82) is 0 Å². The Morgan fingerprint density at radius 3 is 1.30 bits per heavy atom. The zero-order valence-corrected chi connectivity index (χ0v) is 33.0. The predicted molar refractivity (Wildman–Crippen MR) is 250 cm³/mol. The van der Waals surface area contributed by atoms with Gasteiger partial charge in [0.25, 0.3) is 0 Å². The first-order valence-corrected chi connectivity index (χ1v) is 20.9. The Balaban J connectivity index is 1.06. The molecule has 0 fully saturated rings. The fourth-order valence-corrected chi connectivity index (χ4v) is 10.6. The van der Waals surface area contributed by atoms with Crippen LogP contribution in [0.1, 0.15) is 22.3 Å². The lowest BCUT2D eigenvalue weighted by atomic mass is 9.70. The molecule has 3 nitrogen and oxygen atoms in total. The smallest absolute Gasteiger partial charge is 0.164 e. The van der Waals surface area contributed by atoms with Crippen LogP contribution in [-0.2, 0) is 5.41 Å². The molecule has 11 aromatic rings. The second kappa shape index (κ2) is 13.0. The fraction of sp³-hybridized carbons (Fsp3) is 0.0172. The van der Waals surface area contributed by atoms with Crippen molar-refractivity contribution in [1.82, 2.24) is 15.0 Å². The lowest BCUT2D eigenvalue weighted by Crippen LogP contribution is -2.25. The van der Waals surface area contributed by atoms with Crippen molar-refractivity contribution in [3.63, 3.8) is 0 Å². The maximum absolute atomic E-state index is 5.22. The normalized spacial score (nSPS) is 13.0. The van der Waals surface area contributed by atoms with Crippen LogP contribution in [0.3, 0.4) is 0 Å². The summed E-state index contributed by atoms with van der Waals surface area (Å²) in [5.41, 5.74) is 15.5. The summed E-state index contributed by atoms with van der Waals surface area (Å²) in [4.78, 5) is 15.5. The van der Waals surface area contributed by atoms with E-state index in [0.717, 1.165) is 27.6 Å². The summed E-state index contributed by atoms with van der Waals surface area (Å²) in [6, 6.07) is 76.9. The number of hydrogen-bond donors (Lipinski definition) is 0. The topological polar surface area (TPSA) is 38.7 Å². The number of rotatable bonds is 4. The maximum atomic E-state index is 5.22. The van der Waals surface area contributed by atoms with E-state index in [2.05, 4.69) is 176 Å². The molecule has 2 aliphatic rings. The number of hydrogen-bond acceptors (Lipinski definition) is 3. The van der Waals surface area contributed by atoms with E-state index in [1.54, 1.807) is 0 Å². The molecule has 1 heterocycles. The number of fused-ring (bicyclic) bond motifs is 16. The van der Waals surface area contributed by atoms with Gasteiger partial charge in [-0.1, -0.05) is 200 Å². The van der Waals surface area contributed by atoms with Crippen LogP contribution in [0.25, 0.3) is 99.9 Å². The Kier molecular flexibility index (Phi) is 7.22. The summed E-state index contributed by atoms with van der Waals surface area (Å²) in [6.45, 7) is 0. The van der Waals surface area contributed by atoms with Gasteiger partial charge in [0.05, 0.1) is 5.41 Å². The Morgan fingerprint density at radius 1 is 0.246 bits per heavy atom. The van der Waals surface area contributed by atoms with E-state index in [1.807, 2.05) is 36.4 Å². The van der Waals surface area contributed by atoms with Gasteiger partial charge in [-0.05, 0) is 94.7 Å². The molecule has 0 amide bonds. The van der Waals surface area contributed by atoms with Gasteiger partial charge < -0.3 is 0 Å². The molecule has 0 bridgehead atoms. The average Bonchev–Trinajstić information content (AvgIpc) is 3.81. The van der Waals surface area contributed by atoms with E-state index in [-0.39, 0.29) is 5.41 Å². The highest BCUT2D eigenvalue weighted by atomic mass is 15.0. The molecule has 10 aromatic carbocycles. The van der Waals surface area contributed by atoms with Crippen molar-refractivity contribution >= 4 is 32.3 Å². The lowest BCUT2D eigenvalue weighted by Gasteiger charge is -2.30. The Bertz CT molecular complexity index is 3490. The molecule has 0 aliphatic heterocycles. The molecule has 0 atom stereocenters. The molecule has 0 radical (unpaired) electrons. The summed E-state index contributed by atoms with van der Waals surface area (Å²) in [7, 11) is 0. The van der Waals surface area contributed by atoms with Crippen LogP contribution >= 0.6 is 0 Å². The monoisotopic (exact) mass is 773 g/mol. The van der Waals surface area contributed by atoms with E-state index >= 15 is 0 Å². The SMILES string of the molecule is c1ccc(-c2nc(-c3ccccc3)nc(-c3cccc4c5ccccc5c5ccc(-c6ccc7c(c6)-c6ccccc6C76c7ccccc7-c7ccccc76)cc5c34)n2)cc1. The first kappa shape index (κ1) is 33.9. The Morgan fingerprint density at radius 2 is 0.672 bits per heavy atom. The molecule has 3 heteroatoms. The summed E-state index contributed by atoms with van der Waals surface area (Å²) in [6.07, 6.45) is 0.